The Kier molecular flexibility index (Phi) is 1.77. The van der Waals surface area contributed by atoms with Gasteiger partial charge in [-0.2, -0.15) is 0 Å². The van der Waals surface area contributed by atoms with Crippen molar-refractivity contribution in [2.75, 3.05) is 11.9 Å². The second-order valence-electron chi connectivity index (χ2n) is 2.85. The Labute approximate surface area is 76.3 Å². The molecule has 62 valence electrons. The number of halogens is 1. The summed E-state index contributed by atoms with van der Waals surface area (Å²) in [5.74, 6) is 0.883. The Balaban J connectivity index is 2.59. The van der Waals surface area contributed by atoms with Gasteiger partial charge in [0.25, 0.3) is 0 Å². The number of nitrogens with one attached hydrogen (secondary N) is 1. The van der Waals surface area contributed by atoms with E-state index in [-0.39, 0.29) is 0 Å². The van der Waals surface area contributed by atoms with Crippen molar-refractivity contribution in [1.29, 1.82) is 0 Å². The Hall–Kier alpha value is -1.02. The van der Waals surface area contributed by atoms with Crippen LogP contribution in [0.25, 0.3) is 5.03 Å². The third-order valence-electron chi connectivity index (χ3n) is 1.94. The van der Waals surface area contributed by atoms with E-state index in [1.807, 2.05) is 19.1 Å². The highest BCUT2D eigenvalue weighted by atomic mass is 35.5. The fourth-order valence-electron chi connectivity index (χ4n) is 1.25. The van der Waals surface area contributed by atoms with Crippen molar-refractivity contribution in [3.8, 4) is 0 Å². The van der Waals surface area contributed by atoms with E-state index in [1.54, 1.807) is 6.20 Å². The molecule has 1 aromatic rings. The van der Waals surface area contributed by atoms with E-state index >= 15 is 0 Å². The summed E-state index contributed by atoms with van der Waals surface area (Å²) in [5, 5.41) is 4.02. The van der Waals surface area contributed by atoms with Crippen LogP contribution in [-0.4, -0.2) is 11.5 Å². The number of hydrogen-bond donors (Lipinski definition) is 1. The second-order valence-corrected chi connectivity index (χ2v) is 3.23. The molecule has 0 aliphatic carbocycles. The first-order valence-electron chi connectivity index (χ1n) is 3.83. The third-order valence-corrected chi connectivity index (χ3v) is 2.47. The van der Waals surface area contributed by atoms with Gasteiger partial charge in [-0.3, -0.25) is 0 Å². The normalized spacial score (nSPS) is 15.5. The van der Waals surface area contributed by atoms with Crippen LogP contribution >= 0.6 is 11.6 Å². The number of hydrogen-bond acceptors (Lipinski definition) is 2. The van der Waals surface area contributed by atoms with E-state index in [4.69, 9.17) is 11.6 Å². The van der Waals surface area contributed by atoms with E-state index in [1.165, 1.54) is 0 Å². The average molecular weight is 181 g/mol. The average Bonchev–Trinajstić information content (AvgIpc) is 2.12. The van der Waals surface area contributed by atoms with Gasteiger partial charge in [0, 0.05) is 18.3 Å². The van der Waals surface area contributed by atoms with Crippen molar-refractivity contribution in [3.05, 3.63) is 29.5 Å². The van der Waals surface area contributed by atoms with Gasteiger partial charge >= 0.3 is 0 Å². The van der Waals surface area contributed by atoms with Gasteiger partial charge in [0.1, 0.15) is 5.82 Å². The smallest absolute Gasteiger partial charge is 0.134 e. The van der Waals surface area contributed by atoms with Crippen molar-refractivity contribution < 1.29 is 0 Å². The van der Waals surface area contributed by atoms with Crippen LogP contribution in [0.1, 0.15) is 12.5 Å². The van der Waals surface area contributed by atoms with E-state index in [0.717, 1.165) is 28.5 Å². The molecule has 3 heteroatoms. The molecule has 0 radical (unpaired) electrons. The maximum atomic E-state index is 6.10. The highest BCUT2D eigenvalue weighted by Crippen LogP contribution is 2.31. The van der Waals surface area contributed by atoms with Crippen LogP contribution in [0.3, 0.4) is 0 Å². The second kappa shape index (κ2) is 2.79. The first kappa shape index (κ1) is 7.62. The Morgan fingerprint density at radius 1 is 1.58 bits per heavy atom. The topological polar surface area (TPSA) is 24.9 Å². The quantitative estimate of drug-likeness (QED) is 0.664. The van der Waals surface area contributed by atoms with Crippen LogP contribution in [0.2, 0.25) is 0 Å². The van der Waals surface area contributed by atoms with Gasteiger partial charge in [-0.15, -0.1) is 0 Å². The van der Waals surface area contributed by atoms with Crippen LogP contribution in [0.5, 0.6) is 0 Å². The number of aromatic nitrogens is 1. The molecular weight excluding hydrogens is 172 g/mol. The molecule has 0 aromatic carbocycles. The van der Waals surface area contributed by atoms with E-state index in [0.29, 0.717) is 0 Å². The Morgan fingerprint density at radius 3 is 3.25 bits per heavy atom. The molecule has 2 heterocycles. The summed E-state index contributed by atoms with van der Waals surface area (Å²) in [5.41, 5.74) is 2.17. The summed E-state index contributed by atoms with van der Waals surface area (Å²) in [7, 11) is 0. The highest BCUT2D eigenvalue weighted by Gasteiger charge is 2.13. The van der Waals surface area contributed by atoms with Gasteiger partial charge in [-0.05, 0) is 24.6 Å². The molecule has 1 aromatic heterocycles. The minimum atomic E-state index is 0.794. The lowest BCUT2D eigenvalue weighted by Crippen LogP contribution is -2.11. The predicted octanol–water partition coefficient (Wildman–Crippen LogP) is 2.48. The lowest BCUT2D eigenvalue weighted by atomic mass is 10.1. The molecule has 0 fully saturated rings. The third kappa shape index (κ3) is 1.08. The highest BCUT2D eigenvalue weighted by molar-refractivity contribution is 6.50. The zero-order valence-corrected chi connectivity index (χ0v) is 7.52. The SMILES string of the molecule is CC1=C(Cl)c2cccnc2NC1. The number of nitrogens with zero attached hydrogens (tertiary/aromatic N) is 1. The molecule has 2 nitrogen and oxygen atoms in total. The lowest BCUT2D eigenvalue weighted by molar-refractivity contribution is 1.13. The number of fused-ring (bicyclic) bond motifs is 1. The molecular formula is C9H9ClN2. The predicted molar refractivity (Wildman–Crippen MR) is 51.2 cm³/mol. The summed E-state index contributed by atoms with van der Waals surface area (Å²) in [6, 6.07) is 3.86. The van der Waals surface area contributed by atoms with Gasteiger partial charge < -0.3 is 5.32 Å². The Morgan fingerprint density at radius 2 is 2.42 bits per heavy atom. The Bertz CT molecular complexity index is 344. The molecule has 1 aliphatic rings. The molecule has 0 saturated carbocycles. The maximum Gasteiger partial charge on any atom is 0.134 e. The van der Waals surface area contributed by atoms with Gasteiger partial charge in [-0.25, -0.2) is 4.98 Å². The zero-order valence-electron chi connectivity index (χ0n) is 6.76. The van der Waals surface area contributed by atoms with Crippen molar-refractivity contribution in [2.45, 2.75) is 6.92 Å². The minimum Gasteiger partial charge on any atom is -0.366 e. The molecule has 1 N–H and O–H groups in total. The monoisotopic (exact) mass is 180 g/mol. The lowest BCUT2D eigenvalue weighted by Gasteiger charge is -2.17. The first-order chi connectivity index (χ1) is 5.79. The molecule has 1 aliphatic heterocycles. The summed E-state index contributed by atoms with van der Waals surface area (Å²) >= 11 is 6.10. The van der Waals surface area contributed by atoms with Gasteiger partial charge in [0.2, 0.25) is 0 Å². The zero-order chi connectivity index (χ0) is 8.55. The molecule has 0 amide bonds. The van der Waals surface area contributed by atoms with Crippen LogP contribution in [0.15, 0.2) is 23.9 Å². The molecule has 2 rings (SSSR count). The molecule has 0 spiro atoms. The van der Waals surface area contributed by atoms with Crippen molar-refractivity contribution >= 4 is 22.5 Å². The summed E-state index contributed by atoms with van der Waals surface area (Å²) < 4.78 is 0. The van der Waals surface area contributed by atoms with E-state index < -0.39 is 0 Å². The maximum absolute atomic E-state index is 6.10. The number of rotatable bonds is 0. The van der Waals surface area contributed by atoms with Gasteiger partial charge in [0.15, 0.2) is 0 Å². The van der Waals surface area contributed by atoms with Crippen molar-refractivity contribution in [3.63, 3.8) is 0 Å². The summed E-state index contributed by atoms with van der Waals surface area (Å²) in [4.78, 5) is 4.17. The molecule has 0 unspecified atom stereocenters. The summed E-state index contributed by atoms with van der Waals surface area (Å²) in [6.45, 7) is 2.81. The fraction of sp³-hybridized carbons (Fsp3) is 0.222. The molecule has 0 atom stereocenters. The number of pyridine rings is 1. The van der Waals surface area contributed by atoms with Crippen molar-refractivity contribution in [1.82, 2.24) is 4.98 Å². The van der Waals surface area contributed by atoms with Crippen LogP contribution < -0.4 is 5.32 Å². The van der Waals surface area contributed by atoms with Crippen LogP contribution in [0.4, 0.5) is 5.82 Å². The van der Waals surface area contributed by atoms with E-state index in [2.05, 4.69) is 10.3 Å². The standard InChI is InChI=1S/C9H9ClN2/c1-6-5-12-9-7(8(6)10)3-2-4-11-9/h2-4H,5H2,1H3,(H,11,12). The summed E-state index contributed by atoms with van der Waals surface area (Å²) in [6.07, 6.45) is 1.76. The number of anilines is 1. The van der Waals surface area contributed by atoms with Crippen LogP contribution in [-0.2, 0) is 0 Å². The van der Waals surface area contributed by atoms with Gasteiger partial charge in [0.05, 0.1) is 5.03 Å². The van der Waals surface area contributed by atoms with Crippen molar-refractivity contribution in [2.24, 2.45) is 0 Å². The van der Waals surface area contributed by atoms with E-state index in [9.17, 15) is 0 Å². The molecule has 0 saturated heterocycles. The fourth-order valence-corrected chi connectivity index (χ4v) is 1.47. The largest absolute Gasteiger partial charge is 0.366 e. The molecule has 12 heavy (non-hydrogen) atoms. The minimum absolute atomic E-state index is 0.794. The first-order valence-corrected chi connectivity index (χ1v) is 4.21. The van der Waals surface area contributed by atoms with Crippen LogP contribution in [0, 0.1) is 0 Å². The van der Waals surface area contributed by atoms with Gasteiger partial charge in [-0.1, -0.05) is 11.6 Å². The molecule has 0 bridgehead atoms.